The van der Waals surface area contributed by atoms with Crippen molar-refractivity contribution in [2.45, 2.75) is 39.7 Å². The van der Waals surface area contributed by atoms with Gasteiger partial charge in [-0.15, -0.1) is 0 Å². The number of hydrogen-bond acceptors (Lipinski definition) is 2. The number of para-hydroxylation sites is 1. The van der Waals surface area contributed by atoms with Gasteiger partial charge < -0.3 is 10.1 Å². The minimum atomic E-state index is 0.373. The molecule has 2 unspecified atom stereocenters. The fraction of sp³-hybridized carbons (Fsp3) is 0.625. The van der Waals surface area contributed by atoms with Gasteiger partial charge in [0.05, 0.1) is 0 Å². The van der Waals surface area contributed by atoms with Gasteiger partial charge in [-0.1, -0.05) is 39.0 Å². The first-order chi connectivity index (χ1) is 8.65. The molecule has 2 rings (SSSR count). The molecule has 1 aromatic rings. The summed E-state index contributed by atoms with van der Waals surface area (Å²) in [5.41, 5.74) is 1.37. The summed E-state index contributed by atoms with van der Waals surface area (Å²) in [6, 6.07) is 8.40. The summed E-state index contributed by atoms with van der Waals surface area (Å²) in [7, 11) is 0. The number of fused-ring (bicyclic) bond motifs is 1. The fourth-order valence-electron chi connectivity index (χ4n) is 2.54. The third-order valence-corrected chi connectivity index (χ3v) is 3.42. The number of ether oxygens (including phenoxy) is 1. The predicted octanol–water partition coefficient (Wildman–Crippen LogP) is 3.26. The summed E-state index contributed by atoms with van der Waals surface area (Å²) in [5, 5.41) is 3.52. The van der Waals surface area contributed by atoms with Crippen LogP contribution in [0.3, 0.4) is 0 Å². The minimum absolute atomic E-state index is 0.373. The van der Waals surface area contributed by atoms with Gasteiger partial charge in [0, 0.05) is 6.42 Å². The Hall–Kier alpha value is -1.02. The molecule has 1 aliphatic rings. The van der Waals surface area contributed by atoms with E-state index in [0.717, 1.165) is 37.6 Å². The molecule has 0 bridgehead atoms. The van der Waals surface area contributed by atoms with Crippen molar-refractivity contribution in [1.82, 2.24) is 5.32 Å². The van der Waals surface area contributed by atoms with Crippen LogP contribution in [0, 0.1) is 11.8 Å². The topological polar surface area (TPSA) is 21.3 Å². The molecule has 0 aromatic heterocycles. The van der Waals surface area contributed by atoms with Crippen molar-refractivity contribution in [3.8, 4) is 5.75 Å². The largest absolute Gasteiger partial charge is 0.490 e. The predicted molar refractivity (Wildman–Crippen MR) is 76.1 cm³/mol. The molecule has 0 aliphatic carbocycles. The maximum absolute atomic E-state index is 5.98. The maximum atomic E-state index is 5.98. The molecule has 1 aliphatic heterocycles. The van der Waals surface area contributed by atoms with E-state index >= 15 is 0 Å². The first-order valence-electron chi connectivity index (χ1n) is 7.10. The van der Waals surface area contributed by atoms with Gasteiger partial charge in [-0.2, -0.15) is 0 Å². The normalized spacial score (nSPS) is 19.7. The van der Waals surface area contributed by atoms with Crippen molar-refractivity contribution < 1.29 is 4.74 Å². The average Bonchev–Trinajstić information content (AvgIpc) is 2.70. The molecule has 0 fully saturated rings. The Bertz CT molecular complexity index is 350. The molecular weight excluding hydrogens is 222 g/mol. The van der Waals surface area contributed by atoms with E-state index in [1.54, 1.807) is 0 Å². The van der Waals surface area contributed by atoms with E-state index in [4.69, 9.17) is 4.74 Å². The van der Waals surface area contributed by atoms with Gasteiger partial charge in [0.1, 0.15) is 11.9 Å². The third-order valence-electron chi connectivity index (χ3n) is 3.42. The van der Waals surface area contributed by atoms with Crippen LogP contribution in [-0.4, -0.2) is 19.2 Å². The summed E-state index contributed by atoms with van der Waals surface area (Å²) < 4.78 is 5.98. The molecule has 100 valence electrons. The molecule has 18 heavy (non-hydrogen) atoms. The van der Waals surface area contributed by atoms with Crippen LogP contribution in [0.4, 0.5) is 0 Å². The van der Waals surface area contributed by atoms with Crippen LogP contribution in [-0.2, 0) is 6.42 Å². The first kappa shape index (κ1) is 13.4. The van der Waals surface area contributed by atoms with Crippen molar-refractivity contribution in [2.24, 2.45) is 11.8 Å². The van der Waals surface area contributed by atoms with Crippen molar-refractivity contribution >= 4 is 0 Å². The van der Waals surface area contributed by atoms with Crippen molar-refractivity contribution in [3.63, 3.8) is 0 Å². The number of benzene rings is 1. The Morgan fingerprint density at radius 3 is 2.72 bits per heavy atom. The maximum Gasteiger partial charge on any atom is 0.123 e. The van der Waals surface area contributed by atoms with Crippen LogP contribution in [0.2, 0.25) is 0 Å². The van der Waals surface area contributed by atoms with Gasteiger partial charge >= 0.3 is 0 Å². The zero-order valence-corrected chi connectivity index (χ0v) is 11.8. The Morgan fingerprint density at radius 2 is 2.00 bits per heavy atom. The van der Waals surface area contributed by atoms with E-state index in [9.17, 15) is 0 Å². The van der Waals surface area contributed by atoms with E-state index in [0.29, 0.717) is 12.0 Å². The van der Waals surface area contributed by atoms with Crippen LogP contribution >= 0.6 is 0 Å². The minimum Gasteiger partial charge on any atom is -0.490 e. The second kappa shape index (κ2) is 6.24. The van der Waals surface area contributed by atoms with E-state index in [-0.39, 0.29) is 0 Å². The monoisotopic (exact) mass is 247 g/mol. The summed E-state index contributed by atoms with van der Waals surface area (Å²) in [5.74, 6) is 2.48. The van der Waals surface area contributed by atoms with E-state index in [1.807, 2.05) is 0 Å². The van der Waals surface area contributed by atoms with Gasteiger partial charge in [0.2, 0.25) is 0 Å². The highest BCUT2D eigenvalue weighted by Gasteiger charge is 2.23. The first-order valence-corrected chi connectivity index (χ1v) is 7.10. The van der Waals surface area contributed by atoms with Crippen molar-refractivity contribution in [1.29, 1.82) is 0 Å². The molecular formula is C16H25NO. The molecule has 2 heteroatoms. The van der Waals surface area contributed by atoms with Crippen LogP contribution < -0.4 is 10.1 Å². The molecule has 0 radical (unpaired) electrons. The molecule has 2 atom stereocenters. The van der Waals surface area contributed by atoms with Crippen molar-refractivity contribution in [2.75, 3.05) is 13.1 Å². The second-order valence-electron chi connectivity index (χ2n) is 5.94. The highest BCUT2D eigenvalue weighted by molar-refractivity contribution is 5.37. The molecule has 1 N–H and O–H groups in total. The van der Waals surface area contributed by atoms with Gasteiger partial charge in [0.25, 0.3) is 0 Å². The lowest BCUT2D eigenvalue weighted by molar-refractivity contribution is 0.196. The number of hydrogen-bond donors (Lipinski definition) is 1. The highest BCUT2D eigenvalue weighted by Crippen LogP contribution is 2.30. The van der Waals surface area contributed by atoms with Crippen LogP contribution in [0.15, 0.2) is 24.3 Å². The van der Waals surface area contributed by atoms with E-state index < -0.39 is 0 Å². The quantitative estimate of drug-likeness (QED) is 0.833. The summed E-state index contributed by atoms with van der Waals surface area (Å²) >= 11 is 0. The van der Waals surface area contributed by atoms with Gasteiger partial charge in [-0.05, 0) is 43.0 Å². The van der Waals surface area contributed by atoms with Gasteiger partial charge in [-0.3, -0.25) is 0 Å². The SMILES string of the molecule is CC(C)CNCC(C)CC1Cc2ccccc2O1. The number of rotatable bonds is 6. The number of nitrogens with one attached hydrogen (secondary N) is 1. The molecule has 0 spiro atoms. The van der Waals surface area contributed by atoms with Crippen LogP contribution in [0.5, 0.6) is 5.75 Å². The summed E-state index contributed by atoms with van der Waals surface area (Å²) in [6.07, 6.45) is 2.59. The van der Waals surface area contributed by atoms with Crippen molar-refractivity contribution in [3.05, 3.63) is 29.8 Å². The average molecular weight is 247 g/mol. The van der Waals surface area contributed by atoms with E-state index in [2.05, 4.69) is 50.4 Å². The molecule has 0 amide bonds. The van der Waals surface area contributed by atoms with Gasteiger partial charge in [-0.25, -0.2) is 0 Å². The Labute approximate surface area is 111 Å². The Balaban J connectivity index is 1.72. The highest BCUT2D eigenvalue weighted by atomic mass is 16.5. The van der Waals surface area contributed by atoms with Crippen LogP contribution in [0.25, 0.3) is 0 Å². The molecule has 1 heterocycles. The zero-order chi connectivity index (χ0) is 13.0. The second-order valence-corrected chi connectivity index (χ2v) is 5.94. The standard InChI is InChI=1S/C16H25NO/c1-12(2)10-17-11-13(3)8-15-9-14-6-4-5-7-16(14)18-15/h4-7,12-13,15,17H,8-11H2,1-3H3. The zero-order valence-electron chi connectivity index (χ0n) is 11.8. The molecule has 2 nitrogen and oxygen atoms in total. The lowest BCUT2D eigenvalue weighted by Crippen LogP contribution is -2.28. The molecule has 1 aromatic carbocycles. The molecule has 0 saturated heterocycles. The van der Waals surface area contributed by atoms with Crippen LogP contribution in [0.1, 0.15) is 32.8 Å². The lowest BCUT2D eigenvalue weighted by atomic mass is 10.00. The summed E-state index contributed by atoms with van der Waals surface area (Å²) in [4.78, 5) is 0. The summed E-state index contributed by atoms with van der Waals surface area (Å²) in [6.45, 7) is 8.99. The third kappa shape index (κ3) is 3.74. The van der Waals surface area contributed by atoms with Gasteiger partial charge in [0.15, 0.2) is 0 Å². The lowest BCUT2D eigenvalue weighted by Gasteiger charge is -2.18. The fourth-order valence-corrected chi connectivity index (χ4v) is 2.54. The molecule has 0 saturated carbocycles. The Kier molecular flexibility index (Phi) is 4.65. The Morgan fingerprint density at radius 1 is 1.22 bits per heavy atom. The van der Waals surface area contributed by atoms with E-state index in [1.165, 1.54) is 5.56 Å². The smallest absolute Gasteiger partial charge is 0.123 e.